The summed E-state index contributed by atoms with van der Waals surface area (Å²) in [4.78, 5) is 14.2. The third kappa shape index (κ3) is 8.97. The van der Waals surface area contributed by atoms with E-state index in [1.165, 1.54) is 12.8 Å². The van der Waals surface area contributed by atoms with E-state index in [2.05, 4.69) is 13.8 Å². The Morgan fingerprint density at radius 3 is 2.08 bits per heavy atom. The van der Waals surface area contributed by atoms with Gasteiger partial charge in [0.25, 0.3) is 0 Å². The highest BCUT2D eigenvalue weighted by Crippen LogP contribution is 2.35. The molecule has 6 heteroatoms. The highest BCUT2D eigenvalue weighted by atomic mass is 16.5. The summed E-state index contributed by atoms with van der Waals surface area (Å²) in [6.45, 7) is 10.1. The molecule has 0 atom stereocenters. The van der Waals surface area contributed by atoms with Crippen LogP contribution in [0.3, 0.4) is 0 Å². The number of amides is 1. The van der Waals surface area contributed by atoms with Crippen molar-refractivity contribution in [2.45, 2.75) is 46.0 Å². The third-order valence-corrected chi connectivity index (χ3v) is 4.64. The summed E-state index contributed by atoms with van der Waals surface area (Å²) < 4.78 is 16.0. The van der Waals surface area contributed by atoms with E-state index in [0.717, 1.165) is 25.9 Å². The van der Waals surface area contributed by atoms with Gasteiger partial charge in [-0.2, -0.15) is 0 Å². The van der Waals surface area contributed by atoms with Crippen LogP contribution in [0.2, 0.25) is 0 Å². The van der Waals surface area contributed by atoms with Crippen molar-refractivity contribution in [2.75, 3.05) is 59.3 Å². The number of likely N-dealkylation sites (tertiary alicyclic amines) is 1. The number of piperidine rings is 1. The average molecular weight is 344 g/mol. The number of nitrogens with two attached hydrogens (primary N) is 1. The Morgan fingerprint density at radius 1 is 1.00 bits per heavy atom. The van der Waals surface area contributed by atoms with E-state index in [1.54, 1.807) is 0 Å². The number of carbonyl (C=O) groups excluding carboxylic acids is 1. The van der Waals surface area contributed by atoms with E-state index in [4.69, 9.17) is 19.9 Å². The summed E-state index contributed by atoms with van der Waals surface area (Å²) in [5.74, 6) is 0.213. The first-order valence-corrected chi connectivity index (χ1v) is 9.32. The summed E-state index contributed by atoms with van der Waals surface area (Å²) in [6, 6.07) is 0. The van der Waals surface area contributed by atoms with Gasteiger partial charge in [-0.15, -0.1) is 0 Å². The van der Waals surface area contributed by atoms with Gasteiger partial charge in [0.2, 0.25) is 5.91 Å². The molecule has 24 heavy (non-hydrogen) atoms. The lowest BCUT2D eigenvalue weighted by atomic mass is 9.77. The van der Waals surface area contributed by atoms with Gasteiger partial charge in [-0.05, 0) is 24.7 Å². The summed E-state index contributed by atoms with van der Waals surface area (Å²) in [7, 11) is 0. The van der Waals surface area contributed by atoms with Crippen molar-refractivity contribution in [1.29, 1.82) is 0 Å². The highest BCUT2D eigenvalue weighted by molar-refractivity contribution is 5.76. The van der Waals surface area contributed by atoms with Crippen molar-refractivity contribution in [3.05, 3.63) is 0 Å². The van der Waals surface area contributed by atoms with E-state index >= 15 is 0 Å². The van der Waals surface area contributed by atoms with Crippen molar-refractivity contribution < 1.29 is 19.0 Å². The minimum atomic E-state index is 0.213. The van der Waals surface area contributed by atoms with Crippen molar-refractivity contribution >= 4 is 5.91 Å². The standard InChI is InChI=1S/C18H36N2O4/c1-3-5-18(2)6-9-20(10-7-18)17(21)4-11-22-13-15-24-16-14-23-12-8-19/h3-16,19H2,1-2H3. The van der Waals surface area contributed by atoms with Crippen LogP contribution < -0.4 is 5.73 Å². The van der Waals surface area contributed by atoms with Gasteiger partial charge in [0.1, 0.15) is 0 Å². The minimum absolute atomic E-state index is 0.213. The van der Waals surface area contributed by atoms with Gasteiger partial charge in [-0.3, -0.25) is 4.79 Å². The average Bonchev–Trinajstić information content (AvgIpc) is 2.57. The van der Waals surface area contributed by atoms with Crippen LogP contribution in [0.15, 0.2) is 0 Å². The fourth-order valence-electron chi connectivity index (χ4n) is 3.09. The Morgan fingerprint density at radius 2 is 1.54 bits per heavy atom. The predicted molar refractivity (Wildman–Crippen MR) is 95.0 cm³/mol. The van der Waals surface area contributed by atoms with E-state index in [-0.39, 0.29) is 5.91 Å². The van der Waals surface area contributed by atoms with Gasteiger partial charge in [0.15, 0.2) is 0 Å². The van der Waals surface area contributed by atoms with Gasteiger partial charge < -0.3 is 24.8 Å². The molecule has 0 aliphatic carbocycles. The second-order valence-electron chi connectivity index (χ2n) is 6.82. The fourth-order valence-corrected chi connectivity index (χ4v) is 3.09. The van der Waals surface area contributed by atoms with Crippen LogP contribution in [0.5, 0.6) is 0 Å². The predicted octanol–water partition coefficient (Wildman–Crippen LogP) is 1.81. The van der Waals surface area contributed by atoms with E-state index < -0.39 is 0 Å². The maximum absolute atomic E-state index is 12.2. The van der Waals surface area contributed by atoms with Crippen LogP contribution in [0.4, 0.5) is 0 Å². The van der Waals surface area contributed by atoms with Crippen LogP contribution in [0.25, 0.3) is 0 Å². The van der Waals surface area contributed by atoms with Crippen LogP contribution in [0, 0.1) is 5.41 Å². The molecule has 0 aromatic rings. The number of rotatable bonds is 13. The molecule has 1 amide bonds. The molecular formula is C18H36N2O4. The number of hydrogen-bond acceptors (Lipinski definition) is 5. The smallest absolute Gasteiger partial charge is 0.224 e. The summed E-state index contributed by atoms with van der Waals surface area (Å²) >= 11 is 0. The maximum Gasteiger partial charge on any atom is 0.224 e. The fraction of sp³-hybridized carbons (Fsp3) is 0.944. The molecular weight excluding hydrogens is 308 g/mol. The second kappa shape index (κ2) is 12.6. The largest absolute Gasteiger partial charge is 0.379 e. The molecule has 0 aromatic heterocycles. The van der Waals surface area contributed by atoms with Crippen molar-refractivity contribution in [2.24, 2.45) is 11.1 Å². The number of nitrogens with zero attached hydrogens (tertiary/aromatic N) is 1. The molecule has 1 heterocycles. The molecule has 0 radical (unpaired) electrons. The molecule has 0 saturated carbocycles. The monoisotopic (exact) mass is 344 g/mol. The quantitative estimate of drug-likeness (QED) is 0.516. The normalized spacial score (nSPS) is 17.2. The molecule has 1 aliphatic rings. The first-order valence-electron chi connectivity index (χ1n) is 9.32. The molecule has 1 fully saturated rings. The van der Waals surface area contributed by atoms with Crippen molar-refractivity contribution in [3.63, 3.8) is 0 Å². The molecule has 0 spiro atoms. The van der Waals surface area contributed by atoms with E-state index in [0.29, 0.717) is 58.0 Å². The minimum Gasteiger partial charge on any atom is -0.379 e. The molecule has 6 nitrogen and oxygen atoms in total. The number of carbonyl (C=O) groups is 1. The topological polar surface area (TPSA) is 74.0 Å². The SMILES string of the molecule is CCCC1(C)CCN(C(=O)CCOCCOCCOCCN)CC1. The zero-order chi connectivity index (χ0) is 17.7. The van der Waals surface area contributed by atoms with Gasteiger partial charge >= 0.3 is 0 Å². The van der Waals surface area contributed by atoms with Gasteiger partial charge in [-0.25, -0.2) is 0 Å². The van der Waals surface area contributed by atoms with Crippen molar-refractivity contribution in [3.8, 4) is 0 Å². The lowest BCUT2D eigenvalue weighted by Crippen LogP contribution is -2.42. The number of hydrogen-bond donors (Lipinski definition) is 1. The first-order chi connectivity index (χ1) is 11.6. The second-order valence-corrected chi connectivity index (χ2v) is 6.82. The number of ether oxygens (including phenoxy) is 3. The van der Waals surface area contributed by atoms with Gasteiger partial charge in [0, 0.05) is 19.6 Å². The Hall–Kier alpha value is -0.690. The van der Waals surface area contributed by atoms with E-state index in [1.807, 2.05) is 4.90 Å². The Kier molecular flexibility index (Phi) is 11.2. The highest BCUT2D eigenvalue weighted by Gasteiger charge is 2.30. The van der Waals surface area contributed by atoms with Gasteiger partial charge in [0.05, 0.1) is 46.1 Å². The Labute approximate surface area is 147 Å². The zero-order valence-corrected chi connectivity index (χ0v) is 15.6. The van der Waals surface area contributed by atoms with Crippen LogP contribution in [-0.4, -0.2) is 70.1 Å². The summed E-state index contributed by atoms with van der Waals surface area (Å²) in [5.41, 5.74) is 5.74. The lowest BCUT2D eigenvalue weighted by molar-refractivity contribution is -0.134. The zero-order valence-electron chi connectivity index (χ0n) is 15.6. The lowest BCUT2D eigenvalue weighted by Gasteiger charge is -2.39. The maximum atomic E-state index is 12.2. The summed E-state index contributed by atoms with van der Waals surface area (Å²) in [5, 5.41) is 0. The molecule has 1 saturated heterocycles. The molecule has 1 rings (SSSR count). The molecule has 0 aromatic carbocycles. The van der Waals surface area contributed by atoms with Crippen LogP contribution in [0.1, 0.15) is 46.0 Å². The summed E-state index contributed by atoms with van der Waals surface area (Å²) in [6.07, 6.45) is 5.18. The first kappa shape index (κ1) is 21.4. The third-order valence-electron chi connectivity index (χ3n) is 4.64. The van der Waals surface area contributed by atoms with Crippen LogP contribution in [-0.2, 0) is 19.0 Å². The molecule has 142 valence electrons. The van der Waals surface area contributed by atoms with Crippen molar-refractivity contribution in [1.82, 2.24) is 4.90 Å². The Bertz CT molecular complexity index is 331. The molecule has 1 aliphatic heterocycles. The molecule has 0 unspecified atom stereocenters. The Balaban J connectivity index is 1.97. The van der Waals surface area contributed by atoms with Gasteiger partial charge in [-0.1, -0.05) is 20.3 Å². The molecule has 0 bridgehead atoms. The van der Waals surface area contributed by atoms with Crippen LogP contribution >= 0.6 is 0 Å². The van der Waals surface area contributed by atoms with E-state index in [9.17, 15) is 4.79 Å². The molecule has 2 N–H and O–H groups in total.